The zero-order valence-corrected chi connectivity index (χ0v) is 13.3. The summed E-state index contributed by atoms with van der Waals surface area (Å²) in [7, 11) is 4.12. The van der Waals surface area contributed by atoms with Gasteiger partial charge in [0.1, 0.15) is 5.75 Å². The van der Waals surface area contributed by atoms with E-state index < -0.39 is 3.42 Å². The molecule has 0 fully saturated rings. The van der Waals surface area contributed by atoms with Crippen LogP contribution in [0, 0.1) is 0 Å². The highest BCUT2D eigenvalue weighted by Gasteiger charge is 2.24. The molecule has 1 rings (SSSR count). The highest BCUT2D eigenvalue weighted by Crippen LogP contribution is 2.34. The molecule has 0 saturated heterocycles. The minimum atomic E-state index is -0.524. The topological polar surface area (TPSA) is 38.5 Å². The third kappa shape index (κ3) is 6.29. The predicted molar refractivity (Wildman–Crippen MR) is 79.9 cm³/mol. The summed E-state index contributed by atoms with van der Waals surface area (Å²) in [5.41, 5.74) is 6.40. The van der Waals surface area contributed by atoms with Gasteiger partial charge >= 0.3 is 0 Å². The fourth-order valence-electron chi connectivity index (χ4n) is 1.40. The van der Waals surface area contributed by atoms with E-state index in [-0.39, 0.29) is 0 Å². The van der Waals surface area contributed by atoms with E-state index in [1.165, 1.54) is 0 Å². The van der Waals surface area contributed by atoms with E-state index in [0.717, 1.165) is 25.1 Å². The lowest BCUT2D eigenvalue weighted by molar-refractivity contribution is 0.247. The number of ether oxygens (including phenoxy) is 1. The number of nitrogens with two attached hydrogens (primary N) is 1. The summed E-state index contributed by atoms with van der Waals surface area (Å²) >= 11 is 7.06. The van der Waals surface area contributed by atoms with E-state index in [4.69, 9.17) is 10.5 Å². The Labute approximate surface area is 120 Å². The van der Waals surface area contributed by atoms with Crippen LogP contribution in [0.5, 0.6) is 5.75 Å². The average molecular weight is 366 g/mol. The Morgan fingerprint density at radius 3 is 2.65 bits per heavy atom. The predicted octanol–water partition coefficient (Wildman–Crippen LogP) is 3.43. The maximum atomic E-state index is 5.80. The quantitative estimate of drug-likeness (QED) is 0.620. The van der Waals surface area contributed by atoms with Crippen molar-refractivity contribution in [3.63, 3.8) is 0 Å². The number of rotatable bonds is 6. The van der Waals surface area contributed by atoms with Crippen LogP contribution in [0.1, 0.15) is 12.8 Å². The van der Waals surface area contributed by atoms with Crippen molar-refractivity contribution < 1.29 is 4.74 Å². The van der Waals surface area contributed by atoms with Gasteiger partial charge in [-0.1, -0.05) is 6.07 Å². The molecule has 1 aromatic carbocycles. The molecule has 0 amide bonds. The van der Waals surface area contributed by atoms with E-state index in [0.29, 0.717) is 5.69 Å². The summed E-state index contributed by atoms with van der Waals surface area (Å²) in [5, 5.41) is 0. The largest absolute Gasteiger partial charge is 0.466 e. The molecule has 0 aliphatic carbocycles. The van der Waals surface area contributed by atoms with Crippen molar-refractivity contribution in [1.29, 1.82) is 0 Å². The molecule has 17 heavy (non-hydrogen) atoms. The molecular weight excluding hydrogens is 348 g/mol. The molecule has 0 aliphatic heterocycles. The second-order valence-electron chi connectivity index (χ2n) is 4.22. The van der Waals surface area contributed by atoms with Gasteiger partial charge in [-0.05, 0) is 71.1 Å². The summed E-state index contributed by atoms with van der Waals surface area (Å²) in [6.07, 6.45) is 1.89. The number of anilines is 1. The molecule has 1 aromatic rings. The second-order valence-corrected chi connectivity index (χ2v) is 7.84. The van der Waals surface area contributed by atoms with Crippen LogP contribution in [0.15, 0.2) is 24.3 Å². The lowest BCUT2D eigenvalue weighted by atomic mass is 10.3. The van der Waals surface area contributed by atoms with Gasteiger partial charge in [0.15, 0.2) is 0 Å². The van der Waals surface area contributed by atoms with Crippen molar-refractivity contribution in [1.82, 2.24) is 4.90 Å². The van der Waals surface area contributed by atoms with Crippen molar-refractivity contribution in [2.24, 2.45) is 0 Å². The molecule has 2 N–H and O–H groups in total. The molecule has 0 atom stereocenters. The number of halogens is 2. The Morgan fingerprint density at radius 1 is 1.35 bits per heavy atom. The van der Waals surface area contributed by atoms with Crippen LogP contribution >= 0.6 is 31.9 Å². The first-order valence-corrected chi connectivity index (χ1v) is 7.05. The molecule has 0 spiro atoms. The number of hydrogen-bond acceptors (Lipinski definition) is 3. The van der Waals surface area contributed by atoms with Crippen LogP contribution in [-0.2, 0) is 0 Å². The van der Waals surface area contributed by atoms with Crippen LogP contribution in [0.25, 0.3) is 0 Å². The molecule has 0 aromatic heterocycles. The molecule has 5 heteroatoms. The average Bonchev–Trinajstić information content (AvgIpc) is 2.15. The SMILES string of the molecule is CN(C)CCCC(Br)(Br)Oc1cccc(N)c1. The van der Waals surface area contributed by atoms with Crippen LogP contribution in [0.2, 0.25) is 0 Å². The fourth-order valence-corrected chi connectivity index (χ4v) is 2.34. The maximum absolute atomic E-state index is 5.80. The van der Waals surface area contributed by atoms with Crippen LogP contribution in [0.3, 0.4) is 0 Å². The smallest absolute Gasteiger partial charge is 0.217 e. The highest BCUT2D eigenvalue weighted by atomic mass is 79.9. The minimum Gasteiger partial charge on any atom is -0.466 e. The zero-order chi connectivity index (χ0) is 12.9. The molecule has 0 radical (unpaired) electrons. The molecule has 3 nitrogen and oxygen atoms in total. The third-order valence-corrected chi connectivity index (χ3v) is 3.32. The number of nitrogen functional groups attached to an aromatic ring is 1. The van der Waals surface area contributed by atoms with Gasteiger partial charge in [-0.15, -0.1) is 0 Å². The van der Waals surface area contributed by atoms with Gasteiger partial charge in [-0.3, -0.25) is 0 Å². The van der Waals surface area contributed by atoms with Gasteiger partial charge in [0.05, 0.1) is 0 Å². The summed E-state index contributed by atoms with van der Waals surface area (Å²) < 4.78 is 5.28. The van der Waals surface area contributed by atoms with Gasteiger partial charge in [-0.2, -0.15) is 0 Å². The molecule has 0 aliphatic rings. The standard InChI is InChI=1S/C12H18Br2N2O/c1-16(2)8-4-7-12(13,14)17-11-6-3-5-10(15)9-11/h3,5-6,9H,4,7-8,15H2,1-2H3. The maximum Gasteiger partial charge on any atom is 0.217 e. The Hall–Kier alpha value is -0.260. The second kappa shape index (κ2) is 6.61. The summed E-state index contributed by atoms with van der Waals surface area (Å²) in [6.45, 7) is 1.03. The molecule has 0 heterocycles. The van der Waals surface area contributed by atoms with E-state index in [9.17, 15) is 0 Å². The minimum absolute atomic E-state index is 0.524. The van der Waals surface area contributed by atoms with E-state index in [1.807, 2.05) is 24.3 Å². The van der Waals surface area contributed by atoms with E-state index in [1.54, 1.807) is 0 Å². The lowest BCUT2D eigenvalue weighted by Gasteiger charge is -2.23. The van der Waals surface area contributed by atoms with Crippen molar-refractivity contribution in [2.75, 3.05) is 26.4 Å². The van der Waals surface area contributed by atoms with E-state index in [2.05, 4.69) is 50.9 Å². The van der Waals surface area contributed by atoms with Crippen molar-refractivity contribution in [3.05, 3.63) is 24.3 Å². The van der Waals surface area contributed by atoms with Crippen LogP contribution in [0.4, 0.5) is 5.69 Å². The molecule has 0 bridgehead atoms. The first-order valence-electron chi connectivity index (χ1n) is 5.46. The summed E-state index contributed by atoms with van der Waals surface area (Å²) in [6, 6.07) is 7.41. The highest BCUT2D eigenvalue weighted by molar-refractivity contribution is 9.25. The number of benzene rings is 1. The van der Waals surface area contributed by atoms with Gasteiger partial charge < -0.3 is 15.4 Å². The Kier molecular flexibility index (Phi) is 5.76. The lowest BCUT2D eigenvalue weighted by Crippen LogP contribution is -2.23. The summed E-state index contributed by atoms with van der Waals surface area (Å²) in [4.78, 5) is 2.15. The van der Waals surface area contributed by atoms with Crippen molar-refractivity contribution >= 4 is 37.5 Å². The van der Waals surface area contributed by atoms with Crippen molar-refractivity contribution in [3.8, 4) is 5.75 Å². The van der Waals surface area contributed by atoms with Crippen LogP contribution in [-0.4, -0.2) is 29.0 Å². The normalized spacial score (nSPS) is 11.8. The molecule has 0 unspecified atom stereocenters. The Morgan fingerprint density at radius 2 is 2.06 bits per heavy atom. The molecular formula is C12H18Br2N2O. The Bertz CT molecular complexity index is 356. The zero-order valence-electron chi connectivity index (χ0n) is 10.1. The van der Waals surface area contributed by atoms with Crippen LogP contribution < -0.4 is 10.5 Å². The number of hydrogen-bond donors (Lipinski definition) is 1. The first-order chi connectivity index (χ1) is 7.89. The fraction of sp³-hybridized carbons (Fsp3) is 0.500. The van der Waals surface area contributed by atoms with Gasteiger partial charge in [0, 0.05) is 18.2 Å². The number of alkyl halides is 2. The van der Waals surface area contributed by atoms with Gasteiger partial charge in [-0.25, -0.2) is 0 Å². The summed E-state index contributed by atoms with van der Waals surface area (Å²) in [5.74, 6) is 0.753. The van der Waals surface area contributed by atoms with Gasteiger partial charge in [0.25, 0.3) is 0 Å². The number of nitrogens with zero attached hydrogens (tertiary/aromatic N) is 1. The van der Waals surface area contributed by atoms with Gasteiger partial charge in [0.2, 0.25) is 3.42 Å². The molecule has 96 valence electrons. The Balaban J connectivity index is 2.48. The first kappa shape index (κ1) is 14.8. The molecule has 0 saturated carbocycles. The third-order valence-electron chi connectivity index (χ3n) is 2.20. The van der Waals surface area contributed by atoms with Crippen molar-refractivity contribution in [2.45, 2.75) is 16.3 Å². The van der Waals surface area contributed by atoms with E-state index >= 15 is 0 Å². The monoisotopic (exact) mass is 364 g/mol.